The summed E-state index contributed by atoms with van der Waals surface area (Å²) in [4.78, 5) is 0. The Morgan fingerprint density at radius 2 is 1.35 bits per heavy atom. The summed E-state index contributed by atoms with van der Waals surface area (Å²) >= 11 is 0. The number of hydrogen-bond acceptors (Lipinski definition) is 3. The van der Waals surface area contributed by atoms with Gasteiger partial charge in [0.2, 0.25) is 0 Å². The number of benzene rings is 1. The highest BCUT2D eigenvalue weighted by Gasteiger charge is 2.22. The zero-order valence-electron chi connectivity index (χ0n) is 23.0. The van der Waals surface area contributed by atoms with Crippen LogP contribution in [-0.4, -0.2) is 28.1 Å². The zero-order chi connectivity index (χ0) is 24.6. The Hall–Kier alpha value is -0.843. The van der Waals surface area contributed by atoms with Gasteiger partial charge in [-0.1, -0.05) is 70.4 Å². The maximum absolute atomic E-state index is 6.02. The fourth-order valence-electron chi connectivity index (χ4n) is 5.23. The number of rotatable bonds is 18. The number of ether oxygens (including phenoxy) is 1. The van der Waals surface area contributed by atoms with E-state index >= 15 is 0 Å². The standard InChI is InChI=1S/C30H54O3Si/c1-6-7-8-9-10-11-12-14-27-15-17-28(18-16-27)29-19-21-30(22-20-29)31-23-13-24-34(32-25(2)3)33-26(4)5/h19-22,25-28,34H,6-18,23-24H2,1-5H3. The molecule has 1 aromatic rings. The summed E-state index contributed by atoms with van der Waals surface area (Å²) < 4.78 is 18.0. The molecule has 0 atom stereocenters. The summed E-state index contributed by atoms with van der Waals surface area (Å²) in [6.45, 7) is 11.4. The molecule has 0 aromatic heterocycles. The van der Waals surface area contributed by atoms with E-state index < -0.39 is 9.28 Å². The zero-order valence-corrected chi connectivity index (χ0v) is 24.2. The summed E-state index contributed by atoms with van der Waals surface area (Å²) in [7, 11) is -1.60. The van der Waals surface area contributed by atoms with Crippen LogP contribution in [0.4, 0.5) is 0 Å². The highest BCUT2D eigenvalue weighted by molar-refractivity contribution is 6.44. The van der Waals surface area contributed by atoms with Crippen molar-refractivity contribution in [3.05, 3.63) is 29.8 Å². The van der Waals surface area contributed by atoms with Crippen LogP contribution in [0.2, 0.25) is 6.04 Å². The molecule has 1 aliphatic rings. The summed E-state index contributed by atoms with van der Waals surface area (Å²) in [5.41, 5.74) is 1.50. The van der Waals surface area contributed by atoms with E-state index in [9.17, 15) is 0 Å². The molecular weight excluding hydrogens is 436 g/mol. The molecule has 2 rings (SSSR count). The third-order valence-corrected chi connectivity index (χ3v) is 9.69. The molecule has 1 aliphatic carbocycles. The SMILES string of the molecule is CCCCCCCCCC1CCC(c2ccc(OCCC[SiH](OC(C)C)OC(C)C)cc2)CC1. The average molecular weight is 491 g/mol. The molecule has 0 saturated heterocycles. The molecule has 4 heteroatoms. The first-order chi connectivity index (χ1) is 16.5. The quantitative estimate of drug-likeness (QED) is 0.152. The lowest BCUT2D eigenvalue weighted by Crippen LogP contribution is -2.29. The molecule has 0 bridgehead atoms. The van der Waals surface area contributed by atoms with E-state index in [1.54, 1.807) is 0 Å². The van der Waals surface area contributed by atoms with Crippen molar-refractivity contribution in [2.24, 2.45) is 5.92 Å². The molecule has 0 spiro atoms. The van der Waals surface area contributed by atoms with Gasteiger partial charge in [0.1, 0.15) is 5.75 Å². The van der Waals surface area contributed by atoms with E-state index in [2.05, 4.69) is 58.9 Å². The van der Waals surface area contributed by atoms with Crippen LogP contribution in [0, 0.1) is 5.92 Å². The van der Waals surface area contributed by atoms with E-state index in [4.69, 9.17) is 13.6 Å². The Bertz CT molecular complexity index is 598. The van der Waals surface area contributed by atoms with Gasteiger partial charge in [-0.15, -0.1) is 0 Å². The Morgan fingerprint density at radius 3 is 1.94 bits per heavy atom. The monoisotopic (exact) mass is 490 g/mol. The van der Waals surface area contributed by atoms with E-state index in [1.807, 2.05) is 0 Å². The number of hydrogen-bond donors (Lipinski definition) is 0. The van der Waals surface area contributed by atoms with Crippen molar-refractivity contribution in [3.8, 4) is 5.75 Å². The first-order valence-corrected chi connectivity index (χ1v) is 16.3. The molecule has 1 saturated carbocycles. The summed E-state index contributed by atoms with van der Waals surface area (Å²) in [5.74, 6) is 2.71. The van der Waals surface area contributed by atoms with Crippen molar-refractivity contribution < 1.29 is 13.6 Å². The fourth-order valence-corrected chi connectivity index (χ4v) is 7.28. The predicted molar refractivity (Wildman–Crippen MR) is 148 cm³/mol. The first-order valence-electron chi connectivity index (χ1n) is 14.5. The molecule has 0 unspecified atom stereocenters. The highest BCUT2D eigenvalue weighted by Crippen LogP contribution is 2.38. The molecule has 34 heavy (non-hydrogen) atoms. The van der Waals surface area contributed by atoms with E-state index in [0.29, 0.717) is 0 Å². The Kier molecular flexibility index (Phi) is 15.2. The van der Waals surface area contributed by atoms with E-state index in [1.165, 1.54) is 82.6 Å². The van der Waals surface area contributed by atoms with Crippen molar-refractivity contribution in [1.82, 2.24) is 0 Å². The summed E-state index contributed by atoms with van der Waals surface area (Å²) in [6, 6.07) is 9.95. The van der Waals surface area contributed by atoms with Crippen LogP contribution in [0.3, 0.4) is 0 Å². The van der Waals surface area contributed by atoms with E-state index in [-0.39, 0.29) is 12.2 Å². The molecular formula is C30H54O3Si. The summed E-state index contributed by atoms with van der Waals surface area (Å²) in [6.07, 6.45) is 18.5. The molecule has 1 aromatic carbocycles. The topological polar surface area (TPSA) is 27.7 Å². The average Bonchev–Trinajstić information content (AvgIpc) is 2.81. The van der Waals surface area contributed by atoms with Crippen LogP contribution in [0.25, 0.3) is 0 Å². The van der Waals surface area contributed by atoms with Gasteiger partial charge in [-0.3, -0.25) is 0 Å². The highest BCUT2D eigenvalue weighted by atomic mass is 28.3. The normalized spacial score (nSPS) is 18.8. The van der Waals surface area contributed by atoms with Gasteiger partial charge in [-0.05, 0) is 95.4 Å². The Labute approximate surface area is 213 Å². The largest absolute Gasteiger partial charge is 0.494 e. The lowest BCUT2D eigenvalue weighted by atomic mass is 9.77. The van der Waals surface area contributed by atoms with Gasteiger partial charge in [0.25, 0.3) is 0 Å². The lowest BCUT2D eigenvalue weighted by Gasteiger charge is -2.29. The maximum Gasteiger partial charge on any atom is 0.321 e. The van der Waals surface area contributed by atoms with Crippen molar-refractivity contribution >= 4 is 9.28 Å². The first kappa shape index (κ1) is 29.4. The minimum Gasteiger partial charge on any atom is -0.494 e. The van der Waals surface area contributed by atoms with Gasteiger partial charge in [0.15, 0.2) is 0 Å². The van der Waals surface area contributed by atoms with Crippen molar-refractivity contribution in [1.29, 1.82) is 0 Å². The van der Waals surface area contributed by atoms with Crippen LogP contribution in [-0.2, 0) is 8.85 Å². The van der Waals surface area contributed by atoms with Crippen LogP contribution in [0.15, 0.2) is 24.3 Å². The minimum atomic E-state index is -1.60. The Balaban J connectivity index is 1.61. The second kappa shape index (κ2) is 17.6. The van der Waals surface area contributed by atoms with Gasteiger partial charge in [-0.2, -0.15) is 0 Å². The number of unbranched alkanes of at least 4 members (excludes halogenated alkanes) is 6. The lowest BCUT2D eigenvalue weighted by molar-refractivity contribution is 0.128. The van der Waals surface area contributed by atoms with Gasteiger partial charge < -0.3 is 13.6 Å². The third kappa shape index (κ3) is 12.7. The molecule has 1 fully saturated rings. The smallest absolute Gasteiger partial charge is 0.321 e. The second-order valence-electron chi connectivity index (χ2n) is 11.0. The molecule has 0 heterocycles. The van der Waals surface area contributed by atoms with Crippen LogP contribution >= 0.6 is 0 Å². The molecule has 0 radical (unpaired) electrons. The second-order valence-corrected chi connectivity index (χ2v) is 13.0. The molecule has 0 aliphatic heterocycles. The van der Waals surface area contributed by atoms with Crippen molar-refractivity contribution in [2.45, 2.75) is 142 Å². The maximum atomic E-state index is 6.02. The summed E-state index contributed by atoms with van der Waals surface area (Å²) in [5, 5.41) is 0. The molecule has 196 valence electrons. The fraction of sp³-hybridized carbons (Fsp3) is 0.800. The van der Waals surface area contributed by atoms with Gasteiger partial charge >= 0.3 is 9.28 Å². The van der Waals surface area contributed by atoms with Gasteiger partial charge in [0.05, 0.1) is 6.61 Å². The van der Waals surface area contributed by atoms with Gasteiger partial charge in [0, 0.05) is 12.2 Å². The van der Waals surface area contributed by atoms with E-state index in [0.717, 1.165) is 36.7 Å². The predicted octanol–water partition coefficient (Wildman–Crippen LogP) is 8.94. The van der Waals surface area contributed by atoms with Crippen molar-refractivity contribution in [3.63, 3.8) is 0 Å². The molecule has 0 amide bonds. The third-order valence-electron chi connectivity index (χ3n) is 7.11. The van der Waals surface area contributed by atoms with Gasteiger partial charge in [-0.25, -0.2) is 0 Å². The van der Waals surface area contributed by atoms with Crippen molar-refractivity contribution in [2.75, 3.05) is 6.61 Å². The van der Waals surface area contributed by atoms with Crippen LogP contribution in [0.1, 0.15) is 130 Å². The van der Waals surface area contributed by atoms with Crippen LogP contribution < -0.4 is 4.74 Å². The molecule has 0 N–H and O–H groups in total. The molecule has 3 nitrogen and oxygen atoms in total. The Morgan fingerprint density at radius 1 is 0.765 bits per heavy atom. The van der Waals surface area contributed by atoms with Crippen LogP contribution in [0.5, 0.6) is 5.75 Å². The minimum absolute atomic E-state index is 0.235.